The molecule has 2 aromatic heterocycles. The van der Waals surface area contributed by atoms with Crippen molar-refractivity contribution in [2.24, 2.45) is 5.73 Å². The Balaban J connectivity index is 1.66. The Morgan fingerprint density at radius 3 is 2.82 bits per heavy atom. The smallest absolute Gasteiger partial charge is 0.220 e. The largest absolute Gasteiger partial charge is 0.375 e. The number of nitrogens with one attached hydrogen (secondary N) is 3. The highest BCUT2D eigenvalue weighted by atomic mass is 16.5. The molecule has 1 amide bonds. The molecule has 0 radical (unpaired) electrons. The number of dihydropyridines is 1. The number of aryl methyl sites for hydroxylation is 2. The second kappa shape index (κ2) is 8.12. The number of H-pyrrole nitrogens is 1. The third kappa shape index (κ3) is 3.84. The lowest BCUT2D eigenvalue weighted by Gasteiger charge is -2.31. The number of ketones is 1. The Kier molecular flexibility index (Phi) is 5.12. The maximum absolute atomic E-state index is 12.9. The lowest BCUT2D eigenvalue weighted by atomic mass is 9.86. The number of aromatic nitrogens is 2. The van der Waals surface area contributed by atoms with Gasteiger partial charge in [-0.15, -0.1) is 0 Å². The molecule has 3 heterocycles. The zero-order valence-electron chi connectivity index (χ0n) is 18.3. The van der Waals surface area contributed by atoms with Gasteiger partial charge in [-0.3, -0.25) is 9.59 Å². The van der Waals surface area contributed by atoms with Crippen LogP contribution in [0.15, 0.2) is 59.3 Å². The lowest BCUT2D eigenvalue weighted by Crippen LogP contribution is -2.42. The van der Waals surface area contributed by atoms with E-state index in [9.17, 15) is 9.59 Å². The summed E-state index contributed by atoms with van der Waals surface area (Å²) in [5.74, 6) is 0.126. The van der Waals surface area contributed by atoms with Gasteiger partial charge in [-0.25, -0.2) is 0 Å². The summed E-state index contributed by atoms with van der Waals surface area (Å²) in [5, 5.41) is 10.7. The number of primary amides is 1. The average molecular weight is 444 g/mol. The third-order valence-electron chi connectivity index (χ3n) is 6.05. The normalized spacial score (nSPS) is 19.5. The summed E-state index contributed by atoms with van der Waals surface area (Å²) in [4.78, 5) is 28.4. The van der Waals surface area contributed by atoms with Crippen molar-refractivity contribution >= 4 is 28.6 Å². The molecular formula is C25H25N5O3. The number of allylic oxidation sites excluding steroid dienone is 2. The van der Waals surface area contributed by atoms with Crippen molar-refractivity contribution in [3.63, 3.8) is 0 Å². The van der Waals surface area contributed by atoms with E-state index in [2.05, 4.69) is 20.8 Å². The number of nitrogens with zero attached hydrogens (tertiary/aromatic N) is 1. The van der Waals surface area contributed by atoms with E-state index < -0.39 is 11.4 Å². The molecule has 168 valence electrons. The van der Waals surface area contributed by atoms with Gasteiger partial charge in [0.05, 0.1) is 29.1 Å². The van der Waals surface area contributed by atoms with Gasteiger partial charge < -0.3 is 25.9 Å². The van der Waals surface area contributed by atoms with Crippen LogP contribution in [-0.2, 0) is 16.8 Å². The number of rotatable bonds is 6. The SMILES string of the molecule is Cc1cc(C2(CC(N)=O)C=C(c3[nH]c4c(c3Nc3ccccc3)C(=O)CCC4)C=CN2)on1. The van der Waals surface area contributed by atoms with Gasteiger partial charge in [0.25, 0.3) is 0 Å². The molecule has 1 aliphatic carbocycles. The highest BCUT2D eigenvalue weighted by Gasteiger charge is 2.38. The molecule has 0 fully saturated rings. The predicted octanol–water partition coefficient (Wildman–Crippen LogP) is 3.84. The number of benzene rings is 1. The monoisotopic (exact) mass is 443 g/mol. The number of amides is 1. The summed E-state index contributed by atoms with van der Waals surface area (Å²) in [6.45, 7) is 1.82. The number of hydrogen-bond acceptors (Lipinski definition) is 6. The van der Waals surface area contributed by atoms with Gasteiger partial charge in [0.1, 0.15) is 5.54 Å². The molecule has 8 nitrogen and oxygen atoms in total. The van der Waals surface area contributed by atoms with Crippen LogP contribution < -0.4 is 16.4 Å². The number of aromatic amines is 1. The van der Waals surface area contributed by atoms with Gasteiger partial charge in [-0.05, 0) is 50.3 Å². The number of carbonyl (C=O) groups excluding carboxylic acids is 2. The number of para-hydroxylation sites is 1. The Morgan fingerprint density at radius 1 is 1.27 bits per heavy atom. The molecule has 1 aliphatic heterocycles. The molecular weight excluding hydrogens is 418 g/mol. The molecule has 0 saturated carbocycles. The fraction of sp³-hybridized carbons (Fsp3) is 0.240. The van der Waals surface area contributed by atoms with Crippen LogP contribution in [0.4, 0.5) is 11.4 Å². The first kappa shape index (κ1) is 20.8. The summed E-state index contributed by atoms with van der Waals surface area (Å²) < 4.78 is 5.54. The van der Waals surface area contributed by atoms with Gasteiger partial charge in [-0.2, -0.15) is 0 Å². The molecule has 33 heavy (non-hydrogen) atoms. The first-order valence-corrected chi connectivity index (χ1v) is 10.9. The fourth-order valence-corrected chi connectivity index (χ4v) is 4.58. The van der Waals surface area contributed by atoms with Crippen molar-refractivity contribution in [1.29, 1.82) is 0 Å². The molecule has 3 aromatic rings. The molecule has 5 rings (SSSR count). The van der Waals surface area contributed by atoms with Crippen molar-refractivity contribution in [3.05, 3.63) is 83.2 Å². The van der Waals surface area contributed by atoms with E-state index in [0.717, 1.165) is 41.2 Å². The molecule has 0 spiro atoms. The molecule has 5 N–H and O–H groups in total. The zero-order chi connectivity index (χ0) is 23.0. The van der Waals surface area contributed by atoms with Crippen molar-refractivity contribution in [2.75, 3.05) is 5.32 Å². The average Bonchev–Trinajstić information content (AvgIpc) is 3.39. The number of fused-ring (bicyclic) bond motifs is 1. The summed E-state index contributed by atoms with van der Waals surface area (Å²) in [7, 11) is 0. The number of carbonyl (C=O) groups is 2. The second-order valence-electron chi connectivity index (χ2n) is 8.52. The van der Waals surface area contributed by atoms with Crippen LogP contribution in [0.5, 0.6) is 0 Å². The fourth-order valence-electron chi connectivity index (χ4n) is 4.58. The highest BCUT2D eigenvalue weighted by molar-refractivity contribution is 6.07. The maximum Gasteiger partial charge on any atom is 0.220 e. The van der Waals surface area contributed by atoms with Gasteiger partial charge in [0, 0.05) is 29.4 Å². The van der Waals surface area contributed by atoms with E-state index in [1.807, 2.05) is 49.4 Å². The topological polar surface area (TPSA) is 126 Å². The molecule has 0 bridgehead atoms. The van der Waals surface area contributed by atoms with Gasteiger partial charge >= 0.3 is 0 Å². The molecule has 1 unspecified atom stereocenters. The van der Waals surface area contributed by atoms with Crippen molar-refractivity contribution in [1.82, 2.24) is 15.5 Å². The Bertz CT molecular complexity index is 1280. The van der Waals surface area contributed by atoms with Crippen molar-refractivity contribution in [2.45, 2.75) is 38.1 Å². The quantitative estimate of drug-likeness (QED) is 0.459. The Hall–Kier alpha value is -4.07. The second-order valence-corrected chi connectivity index (χ2v) is 8.52. The maximum atomic E-state index is 12.9. The first-order chi connectivity index (χ1) is 15.9. The minimum atomic E-state index is -0.989. The lowest BCUT2D eigenvalue weighted by molar-refractivity contribution is -0.119. The standard InChI is InChI=1S/C25H25N5O3/c1-15-12-20(33-30-15)25(14-21(26)32)13-16(10-11-27-25)23-24(28-17-6-3-2-4-7-17)22-18(29-23)8-5-9-19(22)31/h2-4,6-7,10-13,27-29H,5,8-9,14H2,1H3,(H2,26,32). The number of anilines is 2. The van der Waals surface area contributed by atoms with E-state index in [1.165, 1.54) is 0 Å². The summed E-state index contributed by atoms with van der Waals surface area (Å²) in [5.41, 5.74) is 10.1. The van der Waals surface area contributed by atoms with Gasteiger partial charge in [0.2, 0.25) is 5.91 Å². The summed E-state index contributed by atoms with van der Waals surface area (Å²) in [6, 6.07) is 11.5. The molecule has 1 aromatic carbocycles. The van der Waals surface area contributed by atoms with Gasteiger partial charge in [0.15, 0.2) is 11.5 Å². The van der Waals surface area contributed by atoms with Crippen LogP contribution in [0.2, 0.25) is 0 Å². The Morgan fingerprint density at radius 2 is 2.09 bits per heavy atom. The minimum Gasteiger partial charge on any atom is -0.375 e. The number of nitrogens with two attached hydrogens (primary N) is 1. The Labute approximate surface area is 190 Å². The molecule has 1 atom stereocenters. The zero-order valence-corrected chi connectivity index (χ0v) is 18.3. The van der Waals surface area contributed by atoms with Crippen LogP contribution >= 0.6 is 0 Å². The molecule has 8 heteroatoms. The van der Waals surface area contributed by atoms with Crippen molar-refractivity contribution < 1.29 is 14.1 Å². The van der Waals surface area contributed by atoms with Crippen LogP contribution in [0, 0.1) is 6.92 Å². The van der Waals surface area contributed by atoms with E-state index in [4.69, 9.17) is 10.3 Å². The van der Waals surface area contributed by atoms with Crippen molar-refractivity contribution in [3.8, 4) is 0 Å². The summed E-state index contributed by atoms with van der Waals surface area (Å²) in [6.07, 6.45) is 7.70. The number of hydrogen-bond donors (Lipinski definition) is 4. The molecule has 0 saturated heterocycles. The van der Waals surface area contributed by atoms with E-state index in [-0.39, 0.29) is 12.2 Å². The highest BCUT2D eigenvalue weighted by Crippen LogP contribution is 2.40. The molecule has 2 aliphatic rings. The minimum absolute atomic E-state index is 0.0176. The number of Topliss-reactive ketones (excluding diaryl/α,β-unsaturated/α-hetero) is 1. The first-order valence-electron chi connectivity index (χ1n) is 10.9. The van der Waals surface area contributed by atoms with E-state index in [0.29, 0.717) is 23.4 Å². The van der Waals surface area contributed by atoms with Crippen LogP contribution in [0.1, 0.15) is 52.5 Å². The third-order valence-corrected chi connectivity index (χ3v) is 6.05. The van der Waals surface area contributed by atoms with Crippen LogP contribution in [-0.4, -0.2) is 21.8 Å². The summed E-state index contributed by atoms with van der Waals surface area (Å²) >= 11 is 0. The van der Waals surface area contributed by atoms with Crippen LogP contribution in [0.25, 0.3) is 5.57 Å². The van der Waals surface area contributed by atoms with Gasteiger partial charge in [-0.1, -0.05) is 23.4 Å². The van der Waals surface area contributed by atoms with E-state index >= 15 is 0 Å². The van der Waals surface area contributed by atoms with Crippen LogP contribution in [0.3, 0.4) is 0 Å². The predicted molar refractivity (Wildman–Crippen MR) is 125 cm³/mol. The van der Waals surface area contributed by atoms with E-state index in [1.54, 1.807) is 12.3 Å².